The van der Waals surface area contributed by atoms with Crippen LogP contribution in [0.3, 0.4) is 0 Å². The van der Waals surface area contributed by atoms with Gasteiger partial charge in [-0.3, -0.25) is 0 Å². The third kappa shape index (κ3) is 2.53. The van der Waals surface area contributed by atoms with E-state index in [-0.39, 0.29) is 0 Å². The van der Waals surface area contributed by atoms with E-state index >= 15 is 0 Å². The molecule has 1 aromatic carbocycles. The Bertz CT molecular complexity index is 400. The summed E-state index contributed by atoms with van der Waals surface area (Å²) in [5, 5.41) is 4.43. The largest absolute Gasteiger partial charge is 0.309 e. The van der Waals surface area contributed by atoms with E-state index in [1.807, 2.05) is 0 Å². The van der Waals surface area contributed by atoms with Crippen LogP contribution in [0.5, 0.6) is 0 Å². The number of nitrogens with one attached hydrogen (secondary N) is 1. The van der Waals surface area contributed by atoms with Gasteiger partial charge < -0.3 is 5.32 Å². The molecule has 0 aliphatic carbocycles. The summed E-state index contributed by atoms with van der Waals surface area (Å²) in [6, 6.07) is 5.23. The quantitative estimate of drug-likeness (QED) is 0.857. The summed E-state index contributed by atoms with van der Waals surface area (Å²) in [6.45, 7) is 10.1. The van der Waals surface area contributed by atoms with Gasteiger partial charge in [-0.25, -0.2) is 0 Å². The Morgan fingerprint density at radius 2 is 2.00 bits per heavy atom. The van der Waals surface area contributed by atoms with E-state index in [1.54, 1.807) is 0 Å². The predicted octanol–water partition coefficient (Wildman–Crippen LogP) is 4.23. The highest BCUT2D eigenvalue weighted by molar-refractivity contribution is 8.00. The van der Waals surface area contributed by atoms with Crippen LogP contribution in [-0.2, 0) is 0 Å². The van der Waals surface area contributed by atoms with Gasteiger partial charge in [0.25, 0.3) is 0 Å². The second kappa shape index (κ2) is 5.45. The van der Waals surface area contributed by atoms with Gasteiger partial charge in [-0.1, -0.05) is 31.5 Å². The number of hydrogen-bond acceptors (Lipinski definition) is 2. The van der Waals surface area contributed by atoms with Crippen molar-refractivity contribution < 1.29 is 0 Å². The van der Waals surface area contributed by atoms with Gasteiger partial charge in [0.2, 0.25) is 0 Å². The molecule has 0 aromatic heterocycles. The van der Waals surface area contributed by atoms with Gasteiger partial charge in [0, 0.05) is 16.2 Å². The van der Waals surface area contributed by atoms with E-state index in [9.17, 15) is 0 Å². The molecule has 0 radical (unpaired) electrons. The van der Waals surface area contributed by atoms with Gasteiger partial charge in [0.1, 0.15) is 0 Å². The van der Waals surface area contributed by atoms with Crippen molar-refractivity contribution in [2.24, 2.45) is 0 Å². The van der Waals surface area contributed by atoms with Crippen LogP contribution in [0.4, 0.5) is 0 Å². The van der Waals surface area contributed by atoms with Crippen LogP contribution in [0, 0.1) is 13.8 Å². The van der Waals surface area contributed by atoms with Gasteiger partial charge in [0.15, 0.2) is 0 Å². The minimum atomic E-state index is 0.554. The fourth-order valence-electron chi connectivity index (χ4n) is 2.66. The second-order valence-corrected chi connectivity index (χ2v) is 6.25. The molecule has 0 bridgehead atoms. The molecule has 2 rings (SSSR count). The van der Waals surface area contributed by atoms with Crippen LogP contribution in [-0.4, -0.2) is 11.8 Å². The molecule has 2 unspecified atom stereocenters. The van der Waals surface area contributed by atoms with Crippen molar-refractivity contribution in [3.05, 3.63) is 28.8 Å². The molecule has 0 fully saturated rings. The maximum absolute atomic E-state index is 3.72. The van der Waals surface area contributed by atoms with E-state index in [0.29, 0.717) is 11.3 Å². The lowest BCUT2D eigenvalue weighted by atomic mass is 9.98. The number of rotatable bonds is 4. The lowest BCUT2D eigenvalue weighted by Crippen LogP contribution is -2.27. The van der Waals surface area contributed by atoms with Crippen LogP contribution in [0.15, 0.2) is 17.0 Å². The average molecular weight is 249 g/mol. The van der Waals surface area contributed by atoms with Gasteiger partial charge in [0.05, 0.1) is 0 Å². The first kappa shape index (κ1) is 13.0. The van der Waals surface area contributed by atoms with Gasteiger partial charge in [-0.05, 0) is 44.4 Å². The molecule has 2 heteroatoms. The molecule has 0 saturated carbocycles. The van der Waals surface area contributed by atoms with Crippen LogP contribution in [0.1, 0.15) is 49.4 Å². The van der Waals surface area contributed by atoms with Gasteiger partial charge >= 0.3 is 0 Å². The highest BCUT2D eigenvalue weighted by atomic mass is 32.2. The van der Waals surface area contributed by atoms with Crippen molar-refractivity contribution in [3.63, 3.8) is 0 Å². The van der Waals surface area contributed by atoms with Crippen LogP contribution >= 0.6 is 11.8 Å². The van der Waals surface area contributed by atoms with Crippen molar-refractivity contribution in [2.75, 3.05) is 6.54 Å². The Balaban J connectivity index is 2.33. The van der Waals surface area contributed by atoms with E-state index in [0.717, 1.165) is 6.54 Å². The number of benzene rings is 1. The number of hydrogen-bond donors (Lipinski definition) is 1. The minimum Gasteiger partial charge on any atom is -0.309 e. The van der Waals surface area contributed by atoms with E-state index in [4.69, 9.17) is 0 Å². The second-order valence-electron chi connectivity index (χ2n) is 5.00. The highest BCUT2D eigenvalue weighted by Crippen LogP contribution is 2.47. The zero-order valence-electron chi connectivity index (χ0n) is 11.3. The minimum absolute atomic E-state index is 0.554. The molecule has 0 amide bonds. The zero-order chi connectivity index (χ0) is 12.4. The van der Waals surface area contributed by atoms with E-state index in [1.165, 1.54) is 34.4 Å². The first-order valence-electron chi connectivity index (χ1n) is 6.68. The van der Waals surface area contributed by atoms with Gasteiger partial charge in [-0.15, -0.1) is 11.8 Å². The lowest BCUT2D eigenvalue weighted by molar-refractivity contribution is 0.510. The van der Waals surface area contributed by atoms with Gasteiger partial charge in [-0.2, -0.15) is 0 Å². The van der Waals surface area contributed by atoms with Crippen LogP contribution in [0.25, 0.3) is 0 Å². The topological polar surface area (TPSA) is 12.0 Å². The Kier molecular flexibility index (Phi) is 4.16. The molecule has 1 heterocycles. The fourth-order valence-corrected chi connectivity index (χ4v) is 4.07. The zero-order valence-corrected chi connectivity index (χ0v) is 12.2. The smallest absolute Gasteiger partial charge is 0.0455 e. The Hall–Kier alpha value is -0.470. The van der Waals surface area contributed by atoms with E-state index < -0.39 is 0 Å². The molecule has 1 N–H and O–H groups in total. The van der Waals surface area contributed by atoms with Crippen LogP contribution in [0.2, 0.25) is 0 Å². The summed E-state index contributed by atoms with van der Waals surface area (Å²) < 4.78 is 0. The monoisotopic (exact) mass is 249 g/mol. The highest BCUT2D eigenvalue weighted by Gasteiger charge is 2.32. The van der Waals surface area contributed by atoms with Crippen molar-refractivity contribution in [2.45, 2.75) is 56.7 Å². The normalized spacial score (nSPS) is 22.8. The third-order valence-corrected chi connectivity index (χ3v) is 5.14. The fraction of sp³-hybridized carbons (Fsp3) is 0.600. The molecule has 0 spiro atoms. The van der Waals surface area contributed by atoms with Crippen molar-refractivity contribution in [1.29, 1.82) is 0 Å². The number of fused-ring (bicyclic) bond motifs is 1. The molecule has 94 valence electrons. The predicted molar refractivity (Wildman–Crippen MR) is 76.9 cm³/mol. The summed E-state index contributed by atoms with van der Waals surface area (Å²) in [5.74, 6) is 0. The molecule has 1 nitrogen and oxygen atoms in total. The standard InChI is InChI=1S/C15H23NS/c1-5-7-16-14-12-9-10(3)8-11(4)15(12)17-13(14)6-2/h8-9,13-14,16H,5-7H2,1-4H3. The maximum atomic E-state index is 3.72. The van der Waals surface area contributed by atoms with E-state index in [2.05, 4.69) is 56.9 Å². The first-order chi connectivity index (χ1) is 8.17. The molecule has 1 aliphatic heterocycles. The molecule has 17 heavy (non-hydrogen) atoms. The average Bonchev–Trinajstić information content (AvgIpc) is 2.64. The summed E-state index contributed by atoms with van der Waals surface area (Å²) in [7, 11) is 0. The molecule has 1 aromatic rings. The maximum Gasteiger partial charge on any atom is 0.0455 e. The summed E-state index contributed by atoms with van der Waals surface area (Å²) in [5.41, 5.74) is 4.37. The Morgan fingerprint density at radius 1 is 1.24 bits per heavy atom. The van der Waals surface area contributed by atoms with Crippen LogP contribution < -0.4 is 5.32 Å². The molecule has 0 saturated heterocycles. The SMILES string of the molecule is CCCNC1c2cc(C)cc(C)c2SC1CC. The first-order valence-corrected chi connectivity index (χ1v) is 7.56. The summed E-state index contributed by atoms with van der Waals surface area (Å²) in [4.78, 5) is 1.52. The Morgan fingerprint density at radius 3 is 2.65 bits per heavy atom. The summed E-state index contributed by atoms with van der Waals surface area (Å²) >= 11 is 2.07. The molecular formula is C15H23NS. The Labute approximate surface area is 109 Å². The number of aryl methyl sites for hydroxylation is 2. The molecule has 1 aliphatic rings. The van der Waals surface area contributed by atoms with Crippen molar-refractivity contribution in [1.82, 2.24) is 5.32 Å². The van der Waals surface area contributed by atoms with Crippen molar-refractivity contribution >= 4 is 11.8 Å². The van der Waals surface area contributed by atoms with Crippen molar-refractivity contribution in [3.8, 4) is 0 Å². The third-order valence-electron chi connectivity index (χ3n) is 3.44. The lowest BCUT2D eigenvalue weighted by Gasteiger charge is -2.19. The molecular weight excluding hydrogens is 226 g/mol. The molecule has 2 atom stereocenters. The number of thioether (sulfide) groups is 1. The summed E-state index contributed by atoms with van der Waals surface area (Å²) in [6.07, 6.45) is 2.44.